The summed E-state index contributed by atoms with van der Waals surface area (Å²) in [7, 11) is 0. The van der Waals surface area contributed by atoms with Crippen LogP contribution >= 0.6 is 34.2 Å². The summed E-state index contributed by atoms with van der Waals surface area (Å²) in [5, 5.41) is 3.41. The Balaban J connectivity index is 2.38. The van der Waals surface area contributed by atoms with Gasteiger partial charge in [0.05, 0.1) is 6.61 Å². The molecule has 0 spiro atoms. The van der Waals surface area contributed by atoms with E-state index in [0.29, 0.717) is 5.02 Å². The minimum atomic E-state index is -4.57. The lowest BCUT2D eigenvalue weighted by atomic mass is 10.3. The van der Waals surface area contributed by atoms with E-state index >= 15 is 0 Å². The van der Waals surface area contributed by atoms with E-state index in [-0.39, 0.29) is 6.54 Å². The first-order chi connectivity index (χ1) is 7.38. The minimum Gasteiger partial charge on any atom is -0.382 e. The number of hydrogen-bond donors (Lipinski definition) is 1. The molecule has 1 N–H and O–H groups in total. The van der Waals surface area contributed by atoms with Crippen LogP contribution in [0.4, 0.5) is 18.9 Å². The van der Waals surface area contributed by atoms with Crippen molar-refractivity contribution in [2.75, 3.05) is 18.5 Å². The van der Waals surface area contributed by atoms with Crippen molar-refractivity contribution in [2.24, 2.45) is 0 Å². The molecule has 0 unspecified atom stereocenters. The average molecular weight is 366 g/mol. The van der Waals surface area contributed by atoms with Gasteiger partial charge in [0.2, 0.25) is 0 Å². The summed E-state index contributed by atoms with van der Waals surface area (Å²) < 4.78 is 39.4. The molecule has 1 aromatic carbocycles. The van der Waals surface area contributed by atoms with E-state index in [1.54, 1.807) is 18.2 Å². The molecule has 0 bridgehead atoms. The number of benzene rings is 1. The third kappa shape index (κ3) is 5.22. The number of nitrogens with one attached hydrogen (secondary N) is 1. The zero-order chi connectivity index (χ0) is 12.2. The molecule has 0 saturated heterocycles. The van der Waals surface area contributed by atoms with Gasteiger partial charge in [-0.05, 0) is 40.8 Å². The van der Waals surface area contributed by atoms with Crippen LogP contribution in [0.1, 0.15) is 0 Å². The molecule has 2 nitrogen and oxygen atoms in total. The maximum Gasteiger partial charge on any atom is 0.522 e. The van der Waals surface area contributed by atoms with Crippen molar-refractivity contribution in [1.82, 2.24) is 0 Å². The highest BCUT2D eigenvalue weighted by atomic mass is 127. The predicted molar refractivity (Wildman–Crippen MR) is 64.7 cm³/mol. The molecule has 0 atom stereocenters. The van der Waals surface area contributed by atoms with Crippen LogP contribution in [0.15, 0.2) is 18.2 Å². The molecule has 0 aliphatic carbocycles. The van der Waals surface area contributed by atoms with Crippen LogP contribution in [0.25, 0.3) is 0 Å². The van der Waals surface area contributed by atoms with E-state index in [1.165, 1.54) is 0 Å². The molecule has 0 aromatic heterocycles. The van der Waals surface area contributed by atoms with Gasteiger partial charge in [-0.1, -0.05) is 11.6 Å². The fourth-order valence-corrected chi connectivity index (χ4v) is 2.05. The van der Waals surface area contributed by atoms with Crippen molar-refractivity contribution in [3.63, 3.8) is 0 Å². The molecule has 0 amide bonds. The van der Waals surface area contributed by atoms with Crippen molar-refractivity contribution >= 4 is 39.9 Å². The minimum absolute atomic E-state index is 0.0805. The summed E-state index contributed by atoms with van der Waals surface area (Å²) >= 11 is 7.78. The topological polar surface area (TPSA) is 21.3 Å². The van der Waals surface area contributed by atoms with Crippen molar-refractivity contribution in [3.05, 3.63) is 26.8 Å². The van der Waals surface area contributed by atoms with Gasteiger partial charge in [0.1, 0.15) is 0 Å². The third-order valence-electron chi connectivity index (χ3n) is 1.61. The lowest BCUT2D eigenvalue weighted by molar-refractivity contribution is -0.322. The van der Waals surface area contributed by atoms with Gasteiger partial charge in [-0.3, -0.25) is 4.74 Å². The molecule has 0 fully saturated rings. The molecule has 0 heterocycles. The van der Waals surface area contributed by atoms with Gasteiger partial charge in [0.15, 0.2) is 0 Å². The molecule has 0 radical (unpaired) electrons. The van der Waals surface area contributed by atoms with E-state index in [1.807, 2.05) is 22.6 Å². The Labute approximate surface area is 109 Å². The van der Waals surface area contributed by atoms with Crippen molar-refractivity contribution in [1.29, 1.82) is 0 Å². The van der Waals surface area contributed by atoms with E-state index < -0.39 is 13.0 Å². The van der Waals surface area contributed by atoms with Crippen molar-refractivity contribution in [3.8, 4) is 0 Å². The smallest absolute Gasteiger partial charge is 0.382 e. The third-order valence-corrected chi connectivity index (χ3v) is 2.74. The normalized spacial score (nSPS) is 11.6. The Morgan fingerprint density at radius 3 is 2.62 bits per heavy atom. The highest BCUT2D eigenvalue weighted by Gasteiger charge is 2.28. The Morgan fingerprint density at radius 2 is 2.06 bits per heavy atom. The van der Waals surface area contributed by atoms with Gasteiger partial charge in [-0.15, -0.1) is 13.2 Å². The van der Waals surface area contributed by atoms with Crippen LogP contribution in [0, 0.1) is 3.57 Å². The van der Waals surface area contributed by atoms with Gasteiger partial charge < -0.3 is 5.32 Å². The van der Waals surface area contributed by atoms with E-state index in [0.717, 1.165) is 9.26 Å². The second kappa shape index (κ2) is 5.92. The predicted octanol–water partition coefficient (Wildman–Crippen LogP) is 3.89. The number of ether oxygens (including phenoxy) is 1. The molecule has 16 heavy (non-hydrogen) atoms. The Morgan fingerprint density at radius 1 is 1.38 bits per heavy atom. The van der Waals surface area contributed by atoms with Crippen molar-refractivity contribution < 1.29 is 17.9 Å². The first-order valence-electron chi connectivity index (χ1n) is 4.28. The molecular weight excluding hydrogens is 357 g/mol. The Hall–Kier alpha value is -0.210. The first-order valence-corrected chi connectivity index (χ1v) is 5.74. The molecule has 0 saturated carbocycles. The summed E-state index contributed by atoms with van der Waals surface area (Å²) in [5.74, 6) is 0. The van der Waals surface area contributed by atoms with E-state index in [9.17, 15) is 13.2 Å². The van der Waals surface area contributed by atoms with Crippen LogP contribution in [0.5, 0.6) is 0 Å². The summed E-state index contributed by atoms with van der Waals surface area (Å²) in [6, 6.07) is 5.09. The monoisotopic (exact) mass is 365 g/mol. The van der Waals surface area contributed by atoms with Crippen LogP contribution in [-0.2, 0) is 4.74 Å². The first kappa shape index (κ1) is 13.9. The summed E-state index contributed by atoms with van der Waals surface area (Å²) in [6.45, 7) is -0.348. The fraction of sp³-hybridized carbons (Fsp3) is 0.333. The van der Waals surface area contributed by atoms with Crippen LogP contribution in [0.3, 0.4) is 0 Å². The number of halogens is 5. The van der Waals surface area contributed by atoms with Gasteiger partial charge >= 0.3 is 6.36 Å². The van der Waals surface area contributed by atoms with E-state index in [4.69, 9.17) is 11.6 Å². The number of hydrogen-bond acceptors (Lipinski definition) is 2. The fourth-order valence-electron chi connectivity index (χ4n) is 0.985. The molecule has 1 aromatic rings. The zero-order valence-corrected chi connectivity index (χ0v) is 10.9. The lowest BCUT2D eigenvalue weighted by Gasteiger charge is -2.10. The number of rotatable bonds is 4. The molecule has 0 aliphatic heterocycles. The molecule has 1 rings (SSSR count). The standard InChI is InChI=1S/C9H8ClF3INO/c10-6-1-2-8(7(14)5-6)15-3-4-16-9(11,12)13/h1-2,5,15H,3-4H2. The Kier molecular flexibility index (Phi) is 5.13. The van der Waals surface area contributed by atoms with Crippen LogP contribution in [-0.4, -0.2) is 19.5 Å². The average Bonchev–Trinajstić information content (AvgIpc) is 2.13. The van der Waals surface area contributed by atoms with Gasteiger partial charge in [0.25, 0.3) is 0 Å². The lowest BCUT2D eigenvalue weighted by Crippen LogP contribution is -2.19. The Bertz CT molecular complexity index is 359. The molecule has 0 aliphatic rings. The number of anilines is 1. The summed E-state index contributed by atoms with van der Waals surface area (Å²) in [5.41, 5.74) is 0.732. The highest BCUT2D eigenvalue weighted by Crippen LogP contribution is 2.22. The van der Waals surface area contributed by atoms with Gasteiger partial charge in [-0.2, -0.15) is 0 Å². The van der Waals surface area contributed by atoms with E-state index in [2.05, 4.69) is 10.1 Å². The van der Waals surface area contributed by atoms with Gasteiger partial charge in [-0.25, -0.2) is 0 Å². The van der Waals surface area contributed by atoms with Crippen LogP contribution in [0.2, 0.25) is 5.02 Å². The second-order valence-electron chi connectivity index (χ2n) is 2.85. The SMILES string of the molecule is FC(F)(F)OCCNc1ccc(Cl)cc1I. The quantitative estimate of drug-likeness (QED) is 0.646. The number of alkyl halides is 3. The second-order valence-corrected chi connectivity index (χ2v) is 4.44. The van der Waals surface area contributed by atoms with Crippen molar-refractivity contribution in [2.45, 2.75) is 6.36 Å². The molecule has 90 valence electrons. The molecule has 7 heteroatoms. The zero-order valence-electron chi connectivity index (χ0n) is 7.94. The summed E-state index contributed by atoms with van der Waals surface area (Å²) in [6.07, 6.45) is -4.57. The van der Waals surface area contributed by atoms with Gasteiger partial charge in [0, 0.05) is 20.8 Å². The largest absolute Gasteiger partial charge is 0.522 e. The summed E-state index contributed by atoms with van der Waals surface area (Å²) in [4.78, 5) is 0. The van der Waals surface area contributed by atoms with Crippen LogP contribution < -0.4 is 5.32 Å². The maximum absolute atomic E-state index is 11.6. The molecular formula is C9H8ClF3INO. The highest BCUT2D eigenvalue weighted by molar-refractivity contribution is 14.1. The maximum atomic E-state index is 11.6.